The van der Waals surface area contributed by atoms with Crippen molar-refractivity contribution in [3.8, 4) is 0 Å². The predicted molar refractivity (Wildman–Crippen MR) is 117 cm³/mol. The summed E-state index contributed by atoms with van der Waals surface area (Å²) >= 11 is 3.08. The van der Waals surface area contributed by atoms with Crippen molar-refractivity contribution in [2.45, 2.75) is 39.0 Å². The van der Waals surface area contributed by atoms with Gasteiger partial charge in [-0.05, 0) is 43.0 Å². The topological polar surface area (TPSA) is 50.2 Å². The van der Waals surface area contributed by atoms with Crippen molar-refractivity contribution in [1.29, 1.82) is 0 Å². The number of hydrogen-bond donors (Lipinski definition) is 1. The van der Waals surface area contributed by atoms with Crippen molar-refractivity contribution in [1.82, 2.24) is 15.3 Å². The summed E-state index contributed by atoms with van der Waals surface area (Å²) in [5, 5.41) is 4.06. The average Bonchev–Trinajstić information content (AvgIpc) is 3.34. The van der Waals surface area contributed by atoms with Gasteiger partial charge in [-0.15, -0.1) is 11.3 Å². The Balaban J connectivity index is 1.39. The second kappa shape index (κ2) is 8.56. The molecule has 1 aliphatic rings. The molecule has 0 spiro atoms. The van der Waals surface area contributed by atoms with Gasteiger partial charge in [0.2, 0.25) is 5.13 Å². The van der Waals surface area contributed by atoms with Gasteiger partial charge in [-0.3, -0.25) is 0 Å². The molecule has 0 saturated carbocycles. The smallest absolute Gasteiger partial charge is 0.305 e. The second-order valence-corrected chi connectivity index (χ2v) is 9.44. The molecule has 0 saturated heterocycles. The van der Waals surface area contributed by atoms with Gasteiger partial charge in [0.15, 0.2) is 0 Å². The van der Waals surface area contributed by atoms with Crippen LogP contribution in [-0.2, 0) is 6.54 Å². The van der Waals surface area contributed by atoms with E-state index in [-0.39, 0.29) is 6.04 Å². The van der Waals surface area contributed by atoms with E-state index < -0.39 is 18.0 Å². The highest BCUT2D eigenvalue weighted by Gasteiger charge is 2.42. The average molecular weight is 451 g/mol. The fourth-order valence-electron chi connectivity index (χ4n) is 3.48. The third-order valence-corrected chi connectivity index (χ3v) is 7.07. The molecule has 1 aromatic carbocycles. The summed E-state index contributed by atoms with van der Waals surface area (Å²) in [7, 11) is 0. The van der Waals surface area contributed by atoms with Crippen LogP contribution in [0.2, 0.25) is 0 Å². The van der Waals surface area contributed by atoms with Crippen molar-refractivity contribution >= 4 is 43.7 Å². The molecule has 2 heterocycles. The normalized spacial score (nSPS) is 22.1. The molecule has 3 aromatic rings. The molecule has 4 nitrogen and oxygen atoms in total. The van der Waals surface area contributed by atoms with E-state index in [2.05, 4.69) is 39.3 Å². The molecule has 1 N–H and O–H groups in total. The van der Waals surface area contributed by atoms with Crippen molar-refractivity contribution in [2.75, 3.05) is 0 Å². The van der Waals surface area contributed by atoms with Crippen LogP contribution in [0.1, 0.15) is 36.8 Å². The Morgan fingerprint density at radius 2 is 2.13 bits per heavy atom. The lowest BCUT2D eigenvalue weighted by atomic mass is 9.84. The van der Waals surface area contributed by atoms with Gasteiger partial charge in [-0.1, -0.05) is 30.4 Å². The van der Waals surface area contributed by atoms with Crippen LogP contribution in [0.15, 0.2) is 47.1 Å². The number of fused-ring (bicyclic) bond motifs is 1. The monoisotopic (exact) mass is 450 g/mol. The summed E-state index contributed by atoms with van der Waals surface area (Å²) < 4.78 is 40.1. The zero-order valence-electron chi connectivity index (χ0n) is 16.5. The summed E-state index contributed by atoms with van der Waals surface area (Å²) in [4.78, 5) is 14.1. The highest BCUT2D eigenvalue weighted by Crippen LogP contribution is 2.38. The molecular formula is C21H21F3N4S2. The minimum atomic E-state index is -4.21. The Morgan fingerprint density at radius 3 is 2.90 bits per heavy atom. The van der Waals surface area contributed by atoms with E-state index in [1.807, 2.05) is 11.6 Å². The highest BCUT2D eigenvalue weighted by molar-refractivity contribution is 7.16. The number of alkyl halides is 3. The number of allylic oxidation sites excluding steroid dienone is 2. The van der Waals surface area contributed by atoms with E-state index in [0.717, 1.165) is 16.9 Å². The van der Waals surface area contributed by atoms with E-state index in [9.17, 15) is 13.2 Å². The lowest BCUT2D eigenvalue weighted by Gasteiger charge is -2.26. The van der Waals surface area contributed by atoms with Crippen LogP contribution in [0.3, 0.4) is 0 Å². The third kappa shape index (κ3) is 4.79. The minimum absolute atomic E-state index is 0.0871. The van der Waals surface area contributed by atoms with Crippen LogP contribution in [-0.4, -0.2) is 21.9 Å². The maximum absolute atomic E-state index is 13.0. The molecule has 9 heteroatoms. The van der Waals surface area contributed by atoms with Crippen LogP contribution in [0.25, 0.3) is 10.2 Å². The van der Waals surface area contributed by atoms with E-state index in [1.54, 1.807) is 24.5 Å². The summed E-state index contributed by atoms with van der Waals surface area (Å²) in [5.41, 5.74) is 4.68. The lowest BCUT2D eigenvalue weighted by molar-refractivity contribution is -0.172. The molecule has 0 aliphatic heterocycles. The predicted octanol–water partition coefficient (Wildman–Crippen LogP) is 6.45. The van der Waals surface area contributed by atoms with E-state index in [0.29, 0.717) is 17.3 Å². The quantitative estimate of drug-likeness (QED) is 0.486. The van der Waals surface area contributed by atoms with E-state index in [1.165, 1.54) is 33.8 Å². The molecule has 1 aliphatic carbocycles. The number of nitrogens with zero attached hydrogens (tertiary/aromatic N) is 3. The Hall–Kier alpha value is -2.10. The summed E-state index contributed by atoms with van der Waals surface area (Å²) in [6.07, 6.45) is 0.565. The van der Waals surface area contributed by atoms with E-state index >= 15 is 0 Å². The SMILES string of the molecule is CC(NCc1ccc2ncsc2c1)c1cnc(N=C2C=CC(C(F)(F)F)C(C)C2)s1. The molecule has 3 unspecified atom stereocenters. The van der Waals surface area contributed by atoms with Crippen LogP contribution in [0.4, 0.5) is 18.3 Å². The number of hydrogen-bond acceptors (Lipinski definition) is 6. The number of aliphatic imine (C=N–C) groups is 1. The second-order valence-electron chi connectivity index (χ2n) is 7.51. The van der Waals surface area contributed by atoms with Gasteiger partial charge in [0.1, 0.15) is 0 Å². The standard InChI is InChI=1S/C21H21F3N4S2/c1-12-7-15(4-5-16(12)21(22,23)24)28-20-26-10-19(30-20)13(2)25-9-14-3-6-17-18(8-14)29-11-27-17/h3-6,8,10-13,16,25H,7,9H2,1-2H3. The fraction of sp³-hybridized carbons (Fsp3) is 0.381. The number of rotatable bonds is 5. The zero-order valence-corrected chi connectivity index (χ0v) is 18.1. The minimum Gasteiger partial charge on any atom is -0.305 e. The van der Waals surface area contributed by atoms with E-state index in [4.69, 9.17) is 0 Å². The molecular weight excluding hydrogens is 429 g/mol. The number of thiazole rings is 2. The molecule has 0 fully saturated rings. The first-order chi connectivity index (χ1) is 14.3. The van der Waals surface area contributed by atoms with Crippen LogP contribution in [0.5, 0.6) is 0 Å². The summed E-state index contributed by atoms with van der Waals surface area (Å²) in [5.74, 6) is -1.93. The lowest BCUT2D eigenvalue weighted by Crippen LogP contribution is -2.31. The Labute approximate surface area is 180 Å². The Kier molecular flexibility index (Phi) is 6.04. The number of halogens is 3. The van der Waals surface area contributed by atoms with Crippen LogP contribution >= 0.6 is 22.7 Å². The highest BCUT2D eigenvalue weighted by atomic mass is 32.1. The maximum atomic E-state index is 13.0. The zero-order chi connectivity index (χ0) is 21.3. The largest absolute Gasteiger partial charge is 0.395 e. The molecule has 3 atom stereocenters. The van der Waals surface area contributed by atoms with Crippen molar-refractivity contribution in [3.63, 3.8) is 0 Å². The summed E-state index contributed by atoms with van der Waals surface area (Å²) in [6.45, 7) is 4.39. The third-order valence-electron chi connectivity index (χ3n) is 5.20. The molecule has 30 heavy (non-hydrogen) atoms. The van der Waals surface area contributed by atoms with Gasteiger partial charge in [0, 0.05) is 29.4 Å². The van der Waals surface area contributed by atoms with Crippen molar-refractivity contribution in [3.05, 3.63) is 52.5 Å². The first kappa shape index (κ1) is 21.1. The number of nitrogens with one attached hydrogen (secondary N) is 1. The van der Waals surface area contributed by atoms with Crippen LogP contribution in [0, 0.1) is 11.8 Å². The molecule has 0 amide bonds. The van der Waals surface area contributed by atoms with Gasteiger partial charge < -0.3 is 5.32 Å². The van der Waals surface area contributed by atoms with Gasteiger partial charge in [0.25, 0.3) is 0 Å². The Bertz CT molecular complexity index is 1080. The van der Waals surface area contributed by atoms with Gasteiger partial charge in [0.05, 0.1) is 21.6 Å². The molecule has 0 bridgehead atoms. The first-order valence-corrected chi connectivity index (χ1v) is 11.3. The molecule has 4 rings (SSSR count). The number of benzene rings is 1. The van der Waals surface area contributed by atoms with Crippen LogP contribution < -0.4 is 5.32 Å². The van der Waals surface area contributed by atoms with Gasteiger partial charge in [-0.2, -0.15) is 13.2 Å². The van der Waals surface area contributed by atoms with Crippen molar-refractivity contribution in [2.24, 2.45) is 16.8 Å². The fourth-order valence-corrected chi connectivity index (χ4v) is 5.06. The van der Waals surface area contributed by atoms with Crippen molar-refractivity contribution < 1.29 is 13.2 Å². The maximum Gasteiger partial charge on any atom is 0.395 e. The molecule has 158 valence electrons. The first-order valence-electron chi connectivity index (χ1n) is 9.63. The molecule has 2 aromatic heterocycles. The van der Waals surface area contributed by atoms with Gasteiger partial charge in [-0.25, -0.2) is 15.0 Å². The Morgan fingerprint density at radius 1 is 1.30 bits per heavy atom. The number of aromatic nitrogens is 2. The molecule has 0 radical (unpaired) electrons. The van der Waals surface area contributed by atoms with Gasteiger partial charge >= 0.3 is 6.18 Å². The summed E-state index contributed by atoms with van der Waals surface area (Å²) in [6, 6.07) is 6.32.